The predicted molar refractivity (Wildman–Crippen MR) is 139 cm³/mol. The highest BCUT2D eigenvalue weighted by Crippen LogP contribution is 2.28. The third kappa shape index (κ3) is 4.47. The van der Waals surface area contributed by atoms with Crippen molar-refractivity contribution in [1.82, 2.24) is 9.55 Å². The number of halogens is 1. The number of hydrogen-bond donors (Lipinski definition) is 1. The minimum absolute atomic E-state index is 0.502. The molecule has 0 fully saturated rings. The number of nitrogens with zero attached hydrogens (tertiary/aromatic N) is 3. The largest absolute Gasteiger partial charge is 0.488 e. The molecule has 5 nitrogen and oxygen atoms in total. The Bertz CT molecular complexity index is 1450. The average molecular weight is 499 g/mol. The van der Waals surface area contributed by atoms with Crippen LogP contribution in [-0.2, 0) is 13.2 Å². The Balaban J connectivity index is 1.28. The van der Waals surface area contributed by atoms with E-state index >= 15 is 0 Å². The van der Waals surface area contributed by atoms with Crippen molar-refractivity contribution >= 4 is 49.9 Å². The van der Waals surface area contributed by atoms with Gasteiger partial charge in [-0.25, -0.2) is 10.4 Å². The maximum Gasteiger partial charge on any atom is 0.224 e. The van der Waals surface area contributed by atoms with E-state index in [1.807, 2.05) is 36.4 Å². The van der Waals surface area contributed by atoms with Crippen molar-refractivity contribution in [3.63, 3.8) is 0 Å². The van der Waals surface area contributed by atoms with Crippen LogP contribution in [0.5, 0.6) is 5.75 Å². The van der Waals surface area contributed by atoms with E-state index in [-0.39, 0.29) is 0 Å². The van der Waals surface area contributed by atoms with Gasteiger partial charge in [0, 0.05) is 6.54 Å². The first kappa shape index (κ1) is 21.2. The number of aromatic nitrogens is 2. The summed E-state index contributed by atoms with van der Waals surface area (Å²) in [5, 5.41) is 6.82. The Morgan fingerprint density at radius 2 is 1.82 bits per heavy atom. The van der Waals surface area contributed by atoms with Crippen molar-refractivity contribution in [2.24, 2.45) is 5.10 Å². The van der Waals surface area contributed by atoms with E-state index in [1.165, 1.54) is 10.8 Å². The summed E-state index contributed by atoms with van der Waals surface area (Å²) in [5.41, 5.74) is 7.23. The smallest absolute Gasteiger partial charge is 0.224 e. The molecule has 0 bridgehead atoms. The van der Waals surface area contributed by atoms with Gasteiger partial charge in [-0.3, -0.25) is 0 Å². The second-order valence-electron chi connectivity index (χ2n) is 7.66. The first-order chi connectivity index (χ1) is 16.2. The Labute approximate surface area is 200 Å². The van der Waals surface area contributed by atoms with Crippen molar-refractivity contribution in [1.29, 1.82) is 0 Å². The molecule has 0 radical (unpaired) electrons. The molecular formula is C27H23BrN4O. The molecule has 4 aromatic carbocycles. The van der Waals surface area contributed by atoms with Crippen LogP contribution in [0, 0.1) is 0 Å². The minimum atomic E-state index is 0.502. The lowest BCUT2D eigenvalue weighted by molar-refractivity contribution is 0.305. The van der Waals surface area contributed by atoms with Crippen LogP contribution in [0.3, 0.4) is 0 Å². The van der Waals surface area contributed by atoms with Gasteiger partial charge in [0.15, 0.2) is 0 Å². The summed E-state index contributed by atoms with van der Waals surface area (Å²) >= 11 is 3.63. The molecule has 1 aromatic heterocycles. The van der Waals surface area contributed by atoms with Gasteiger partial charge >= 0.3 is 0 Å². The van der Waals surface area contributed by atoms with Crippen LogP contribution >= 0.6 is 15.9 Å². The van der Waals surface area contributed by atoms with Crippen LogP contribution in [0.2, 0.25) is 0 Å². The highest BCUT2D eigenvalue weighted by Gasteiger charge is 2.08. The van der Waals surface area contributed by atoms with Crippen molar-refractivity contribution in [2.75, 3.05) is 5.43 Å². The third-order valence-corrected chi connectivity index (χ3v) is 6.19. The van der Waals surface area contributed by atoms with Gasteiger partial charge in [0.2, 0.25) is 5.95 Å². The number of hydrazone groups is 1. The number of aryl methyl sites for hydroxylation is 1. The van der Waals surface area contributed by atoms with Crippen LogP contribution in [0.15, 0.2) is 94.5 Å². The van der Waals surface area contributed by atoms with Crippen LogP contribution in [0.4, 0.5) is 5.95 Å². The first-order valence-corrected chi connectivity index (χ1v) is 11.7. The highest BCUT2D eigenvalue weighted by molar-refractivity contribution is 9.10. The number of benzene rings is 4. The van der Waals surface area contributed by atoms with Gasteiger partial charge in [0.05, 0.1) is 21.7 Å². The van der Waals surface area contributed by atoms with Gasteiger partial charge < -0.3 is 9.30 Å². The van der Waals surface area contributed by atoms with Gasteiger partial charge in [-0.15, -0.1) is 0 Å². The number of imidazole rings is 1. The zero-order valence-electron chi connectivity index (χ0n) is 18.2. The van der Waals surface area contributed by atoms with E-state index in [9.17, 15) is 0 Å². The van der Waals surface area contributed by atoms with E-state index in [0.29, 0.717) is 6.61 Å². The Morgan fingerprint density at radius 3 is 2.70 bits per heavy atom. The first-order valence-electron chi connectivity index (χ1n) is 10.9. The lowest BCUT2D eigenvalue weighted by Gasteiger charge is -2.11. The van der Waals surface area contributed by atoms with Crippen LogP contribution < -0.4 is 10.2 Å². The number of hydrogen-bond acceptors (Lipinski definition) is 4. The SMILES string of the molecule is CCn1c(N/N=C\c2ccc(OCc3cccc4ccccc34)c(Br)c2)nc2ccccc21. The van der Waals surface area contributed by atoms with Crippen LogP contribution in [-0.4, -0.2) is 15.8 Å². The Hall–Kier alpha value is -3.64. The van der Waals surface area contributed by atoms with Crippen molar-refractivity contribution in [3.8, 4) is 5.75 Å². The molecule has 0 aliphatic rings. The molecule has 6 heteroatoms. The average Bonchev–Trinajstić information content (AvgIpc) is 3.21. The van der Waals surface area contributed by atoms with E-state index in [1.54, 1.807) is 6.21 Å². The quantitative estimate of drug-likeness (QED) is 0.194. The summed E-state index contributed by atoms with van der Waals surface area (Å²) in [5.74, 6) is 1.52. The predicted octanol–water partition coefficient (Wildman–Crippen LogP) is 7.00. The number of anilines is 1. The van der Waals surface area contributed by atoms with Gasteiger partial charge in [-0.05, 0) is 75.1 Å². The molecule has 0 saturated carbocycles. The zero-order chi connectivity index (χ0) is 22.6. The molecule has 1 N–H and O–H groups in total. The topological polar surface area (TPSA) is 51.4 Å². The summed E-state index contributed by atoms with van der Waals surface area (Å²) < 4.78 is 9.09. The molecule has 0 atom stereocenters. The van der Waals surface area contributed by atoms with Gasteiger partial charge in [-0.2, -0.15) is 5.10 Å². The molecule has 0 aliphatic heterocycles. The molecular weight excluding hydrogens is 476 g/mol. The monoisotopic (exact) mass is 498 g/mol. The molecule has 0 spiro atoms. The summed E-state index contributed by atoms with van der Waals surface area (Å²) in [7, 11) is 0. The van der Waals surface area contributed by atoms with E-state index in [0.717, 1.165) is 44.9 Å². The van der Waals surface area contributed by atoms with Gasteiger partial charge in [-0.1, -0.05) is 54.6 Å². The molecule has 5 rings (SSSR count). The Morgan fingerprint density at radius 1 is 1.00 bits per heavy atom. The number of para-hydroxylation sites is 2. The van der Waals surface area contributed by atoms with Crippen LogP contribution in [0.1, 0.15) is 18.1 Å². The van der Waals surface area contributed by atoms with Crippen molar-refractivity contribution in [3.05, 3.63) is 101 Å². The highest BCUT2D eigenvalue weighted by atomic mass is 79.9. The van der Waals surface area contributed by atoms with Gasteiger partial charge in [0.25, 0.3) is 0 Å². The third-order valence-electron chi connectivity index (χ3n) is 5.57. The van der Waals surface area contributed by atoms with Crippen LogP contribution in [0.25, 0.3) is 21.8 Å². The van der Waals surface area contributed by atoms with Crippen molar-refractivity contribution < 1.29 is 4.74 Å². The lowest BCUT2D eigenvalue weighted by Crippen LogP contribution is -2.02. The molecule has 0 saturated heterocycles. The second kappa shape index (κ2) is 9.46. The molecule has 0 amide bonds. The standard InChI is InChI=1S/C27H23BrN4O/c1-2-32-25-13-6-5-12-24(25)30-27(32)31-29-17-19-14-15-26(23(28)16-19)33-18-21-10-7-9-20-8-3-4-11-22(20)21/h3-17H,2,18H2,1H3,(H,30,31)/b29-17-. The van der Waals surface area contributed by atoms with Crippen molar-refractivity contribution in [2.45, 2.75) is 20.1 Å². The van der Waals surface area contributed by atoms with E-state index in [4.69, 9.17) is 4.74 Å². The summed E-state index contributed by atoms with van der Waals surface area (Å²) in [6.07, 6.45) is 1.78. The molecule has 164 valence electrons. The van der Waals surface area contributed by atoms with E-state index in [2.05, 4.69) is 91.5 Å². The van der Waals surface area contributed by atoms with E-state index < -0.39 is 0 Å². The maximum atomic E-state index is 6.10. The number of rotatable bonds is 7. The number of ether oxygens (including phenoxy) is 1. The molecule has 5 aromatic rings. The fourth-order valence-electron chi connectivity index (χ4n) is 3.93. The number of fused-ring (bicyclic) bond motifs is 2. The minimum Gasteiger partial charge on any atom is -0.488 e. The zero-order valence-corrected chi connectivity index (χ0v) is 19.8. The lowest BCUT2D eigenvalue weighted by atomic mass is 10.1. The molecule has 0 aliphatic carbocycles. The second-order valence-corrected chi connectivity index (χ2v) is 8.51. The van der Waals surface area contributed by atoms with Gasteiger partial charge in [0.1, 0.15) is 12.4 Å². The fourth-order valence-corrected chi connectivity index (χ4v) is 4.44. The summed E-state index contributed by atoms with van der Waals surface area (Å²) in [4.78, 5) is 4.63. The normalized spacial score (nSPS) is 11.5. The molecule has 1 heterocycles. The fraction of sp³-hybridized carbons (Fsp3) is 0.111. The molecule has 0 unspecified atom stereocenters. The number of nitrogens with one attached hydrogen (secondary N) is 1. The summed E-state index contributed by atoms with van der Waals surface area (Å²) in [6, 6.07) is 28.6. The molecule has 33 heavy (non-hydrogen) atoms. The Kier molecular flexibility index (Phi) is 6.09. The maximum absolute atomic E-state index is 6.10. The summed E-state index contributed by atoms with van der Waals surface area (Å²) in [6.45, 7) is 3.41.